The average Bonchev–Trinajstić information content (AvgIpc) is 3.25. The molecule has 2 aliphatic heterocycles. The number of hydrogen-bond donors (Lipinski definition) is 4. The van der Waals surface area contributed by atoms with Crippen LogP contribution in [0.2, 0.25) is 0 Å². The quantitative estimate of drug-likeness (QED) is 0.207. The molecule has 1 amide bonds. The number of halogens is 2. The summed E-state index contributed by atoms with van der Waals surface area (Å²) in [5, 5.41) is 9.82. The molecule has 0 unspecified atom stereocenters. The molecule has 190 valence electrons. The zero-order chi connectivity index (χ0) is 25.1. The summed E-state index contributed by atoms with van der Waals surface area (Å²) in [5.41, 5.74) is 6.08. The fraction of sp³-hybridized carbons (Fsp3) is 0.308. The van der Waals surface area contributed by atoms with Crippen LogP contribution >= 0.6 is 0 Å². The molecule has 3 aromatic rings. The van der Waals surface area contributed by atoms with Gasteiger partial charge in [0.25, 0.3) is 0 Å². The summed E-state index contributed by atoms with van der Waals surface area (Å²) in [4.78, 5) is 21.1. The monoisotopic (exact) mass is 604 g/mol. The Hall–Kier alpha value is -3.12. The van der Waals surface area contributed by atoms with Crippen LogP contribution in [0.25, 0.3) is 11.3 Å². The molecule has 2 aliphatic rings. The van der Waals surface area contributed by atoms with Crippen LogP contribution in [0.1, 0.15) is 39.7 Å². The fourth-order valence-electron chi connectivity index (χ4n) is 4.42. The van der Waals surface area contributed by atoms with Crippen molar-refractivity contribution in [2.24, 2.45) is 0 Å². The van der Waals surface area contributed by atoms with Crippen molar-refractivity contribution in [1.82, 2.24) is 15.3 Å². The molecule has 1 aromatic carbocycles. The Morgan fingerprint density at radius 3 is 3.03 bits per heavy atom. The molecule has 5 rings (SSSR count). The van der Waals surface area contributed by atoms with Gasteiger partial charge in [-0.15, -0.1) is 0 Å². The Morgan fingerprint density at radius 1 is 1.28 bits per heavy atom. The number of aromatic amines is 1. The van der Waals surface area contributed by atoms with Crippen LogP contribution in [0.3, 0.4) is 0 Å². The number of anilines is 3. The fourth-order valence-corrected chi connectivity index (χ4v) is 6.45. The van der Waals surface area contributed by atoms with Gasteiger partial charge < -0.3 is 0 Å². The van der Waals surface area contributed by atoms with E-state index in [0.717, 1.165) is 42.0 Å². The third-order valence-corrected chi connectivity index (χ3v) is 8.71. The number of fused-ring (bicyclic) bond motifs is 3. The zero-order valence-electron chi connectivity index (χ0n) is 20.1. The second-order valence-corrected chi connectivity index (χ2v) is 11.3. The van der Waals surface area contributed by atoms with Crippen LogP contribution in [-0.2, 0) is 3.07 Å². The van der Waals surface area contributed by atoms with Gasteiger partial charge in [0, 0.05) is 0 Å². The third-order valence-electron chi connectivity index (χ3n) is 6.23. The molecule has 36 heavy (non-hydrogen) atoms. The van der Waals surface area contributed by atoms with Crippen LogP contribution in [0, 0.1) is 5.82 Å². The molecule has 0 saturated carbocycles. The minimum absolute atomic E-state index is 0.0489. The number of rotatable bonds is 3. The number of H-pyrrole nitrogens is 1. The Kier molecular flexibility index (Phi) is 7.42. The number of methoxy groups -OCH3 is 1. The molecule has 2 bridgehead atoms. The van der Waals surface area contributed by atoms with Crippen molar-refractivity contribution in [3.05, 3.63) is 65.4 Å². The van der Waals surface area contributed by atoms with Gasteiger partial charge in [-0.3, -0.25) is 0 Å². The van der Waals surface area contributed by atoms with Gasteiger partial charge in [0.2, 0.25) is 0 Å². The molecule has 0 saturated heterocycles. The van der Waals surface area contributed by atoms with Crippen LogP contribution < -0.4 is 42.3 Å². The van der Waals surface area contributed by atoms with Crippen LogP contribution in [0.4, 0.5) is 21.5 Å². The Morgan fingerprint density at radius 2 is 2.17 bits per heavy atom. The first-order valence-electron chi connectivity index (χ1n) is 11.8. The van der Waals surface area contributed by atoms with E-state index in [4.69, 9.17) is 7.80 Å². The van der Waals surface area contributed by atoms with E-state index in [0.29, 0.717) is 30.1 Å². The molecule has 4 N–H and O–H groups in total. The Labute approximate surface area is 219 Å². The number of pyridine rings is 1. The van der Waals surface area contributed by atoms with Crippen molar-refractivity contribution in [2.45, 2.75) is 23.7 Å². The molecular weight excluding hydrogens is 576 g/mol. The summed E-state index contributed by atoms with van der Waals surface area (Å²) in [6, 6.07) is 6.58. The molecular formula is C26H28FIN5O3-. The zero-order valence-corrected chi connectivity index (χ0v) is 22.2. The molecule has 10 heteroatoms. The van der Waals surface area contributed by atoms with E-state index in [2.05, 4.69) is 38.9 Å². The van der Waals surface area contributed by atoms with Gasteiger partial charge in [0.1, 0.15) is 0 Å². The number of amides is 1. The van der Waals surface area contributed by atoms with Gasteiger partial charge in [-0.05, 0) is 0 Å². The molecule has 0 fully saturated rings. The molecule has 0 aliphatic carbocycles. The van der Waals surface area contributed by atoms with Gasteiger partial charge in [0.15, 0.2) is 0 Å². The number of ether oxygens (including phenoxy) is 1. The van der Waals surface area contributed by atoms with E-state index in [-0.39, 0.29) is 15.6 Å². The van der Waals surface area contributed by atoms with Gasteiger partial charge in [-0.2, -0.15) is 0 Å². The van der Waals surface area contributed by atoms with Crippen LogP contribution in [0.15, 0.2) is 48.3 Å². The summed E-state index contributed by atoms with van der Waals surface area (Å²) in [6.45, 7) is 4.03. The first-order chi connectivity index (χ1) is 17.6. The van der Waals surface area contributed by atoms with E-state index in [1.54, 1.807) is 24.5 Å². The maximum atomic E-state index is 14.5. The van der Waals surface area contributed by atoms with Crippen molar-refractivity contribution < 1.29 is 38.6 Å². The maximum absolute atomic E-state index is 14.5. The number of benzene rings is 1. The van der Waals surface area contributed by atoms with Crippen molar-refractivity contribution >= 4 is 23.0 Å². The summed E-state index contributed by atoms with van der Waals surface area (Å²) in [7, 11) is 1.42. The summed E-state index contributed by atoms with van der Waals surface area (Å²) < 4.78 is 26.0. The topological polar surface area (TPSA) is 100 Å². The van der Waals surface area contributed by atoms with E-state index in [1.807, 2.05) is 6.07 Å². The Bertz CT molecular complexity index is 1310. The van der Waals surface area contributed by atoms with Crippen molar-refractivity contribution in [3.8, 4) is 17.0 Å². The first kappa shape index (κ1) is 24.6. The van der Waals surface area contributed by atoms with Gasteiger partial charge in [0.05, 0.1) is 0 Å². The standard InChI is InChI=1S/C26H28FIN5O3/c1-15-5-4-10-30-20-14-29-11-8-16(20)22-24(32-19-7-3-6-17(27)25(19)35-2)21-23(33-22)18(13-31-26(21)34)28-36-12-9-15/h3,5-8,11,14,18,30,32-33H,4,9-10,12-13H2,1-2H3,(H,31,34)/q-1/b15-5+/t18-/m1/s1. The second kappa shape index (κ2) is 10.9. The number of para-hydroxylation sites is 1. The number of hydrogen-bond acceptors (Lipinski definition) is 6. The van der Waals surface area contributed by atoms with Gasteiger partial charge in [-0.25, -0.2) is 0 Å². The van der Waals surface area contributed by atoms with Crippen LogP contribution in [-0.4, -0.2) is 42.7 Å². The number of nitrogens with zero attached hydrogens (tertiary/aromatic N) is 1. The van der Waals surface area contributed by atoms with Crippen molar-refractivity contribution in [2.75, 3.05) is 37.4 Å². The van der Waals surface area contributed by atoms with E-state index < -0.39 is 27.4 Å². The summed E-state index contributed by atoms with van der Waals surface area (Å²) in [6.07, 6.45) is 7.49. The van der Waals surface area contributed by atoms with E-state index in [1.165, 1.54) is 18.7 Å². The molecule has 1 atom stereocenters. The number of alkyl halides is 1. The Balaban J connectivity index is 1.67. The van der Waals surface area contributed by atoms with Crippen molar-refractivity contribution in [1.29, 1.82) is 0 Å². The van der Waals surface area contributed by atoms with E-state index in [9.17, 15) is 9.18 Å². The molecule has 4 heterocycles. The first-order valence-corrected chi connectivity index (χ1v) is 13.9. The number of carbonyl (C=O) groups is 1. The number of nitrogens with one attached hydrogen (secondary N) is 4. The molecule has 8 nitrogen and oxygen atoms in total. The normalized spacial score (nSPS) is 19.7. The average molecular weight is 604 g/mol. The van der Waals surface area contributed by atoms with Gasteiger partial charge in [-0.1, -0.05) is 0 Å². The van der Waals surface area contributed by atoms with Crippen LogP contribution in [0.5, 0.6) is 5.75 Å². The molecule has 0 radical (unpaired) electrons. The van der Waals surface area contributed by atoms with Gasteiger partial charge >= 0.3 is 220 Å². The second-order valence-electron chi connectivity index (χ2n) is 8.63. The predicted molar refractivity (Wildman–Crippen MR) is 133 cm³/mol. The number of carbonyl (C=O) groups excluding carboxylic acids is 1. The SMILES string of the molecule is COc1c(F)cccc1Nc1c2[nH]c3c1C(=O)NC[C@H]3[I-]OCC/C(C)=C/CCNc1cnccc1-2. The van der Waals surface area contributed by atoms with E-state index >= 15 is 0 Å². The molecule has 0 spiro atoms. The minimum atomic E-state index is -0.697. The number of aromatic nitrogens is 2. The summed E-state index contributed by atoms with van der Waals surface area (Å²) >= 11 is -0.697. The molecule has 2 aromatic heterocycles. The van der Waals surface area contributed by atoms with Crippen molar-refractivity contribution in [3.63, 3.8) is 0 Å². The third kappa shape index (κ3) is 4.92. The predicted octanol–water partition coefficient (Wildman–Crippen LogP) is 1.93. The summed E-state index contributed by atoms with van der Waals surface area (Å²) in [5.74, 6) is -0.590.